The molecule has 2 rings (SSSR count). The molecule has 1 aliphatic carbocycles. The second-order valence-electron chi connectivity index (χ2n) is 5.28. The Morgan fingerprint density at radius 3 is 2.74 bits per heavy atom. The van der Waals surface area contributed by atoms with Crippen molar-refractivity contribution in [3.05, 3.63) is 35.6 Å². The van der Waals surface area contributed by atoms with E-state index in [1.807, 2.05) is 20.2 Å². The maximum absolute atomic E-state index is 13.4. The Hall–Kier alpha value is -1.42. The van der Waals surface area contributed by atoms with Crippen molar-refractivity contribution in [2.75, 3.05) is 27.2 Å². The molecule has 0 atom stereocenters. The molecule has 1 N–H and O–H groups in total. The first-order valence-corrected chi connectivity index (χ1v) is 6.76. The summed E-state index contributed by atoms with van der Waals surface area (Å²) < 4.78 is 13.4. The summed E-state index contributed by atoms with van der Waals surface area (Å²) in [5.74, 6) is -0.158. The molecule has 3 nitrogen and oxygen atoms in total. The van der Waals surface area contributed by atoms with E-state index in [1.165, 1.54) is 12.1 Å². The van der Waals surface area contributed by atoms with Crippen LogP contribution in [0.2, 0.25) is 0 Å². The highest BCUT2D eigenvalue weighted by Crippen LogP contribution is 2.45. The molecule has 0 bridgehead atoms. The van der Waals surface area contributed by atoms with E-state index in [0.717, 1.165) is 31.4 Å². The fraction of sp³-hybridized carbons (Fsp3) is 0.533. The van der Waals surface area contributed by atoms with Crippen LogP contribution in [0.5, 0.6) is 0 Å². The lowest BCUT2D eigenvalue weighted by Crippen LogP contribution is -2.50. The normalized spacial score (nSPS) is 16.8. The molecule has 0 aliphatic heterocycles. The zero-order valence-corrected chi connectivity index (χ0v) is 11.6. The summed E-state index contributed by atoms with van der Waals surface area (Å²) in [4.78, 5) is 14.4. The average Bonchev–Trinajstić information content (AvgIpc) is 2.34. The molecule has 0 heterocycles. The summed E-state index contributed by atoms with van der Waals surface area (Å²) in [6, 6.07) is 6.48. The first-order chi connectivity index (χ1) is 9.10. The third-order valence-corrected chi connectivity index (χ3v) is 4.04. The molecule has 19 heavy (non-hydrogen) atoms. The summed E-state index contributed by atoms with van der Waals surface area (Å²) >= 11 is 0. The highest BCUT2D eigenvalue weighted by atomic mass is 19.1. The lowest BCUT2D eigenvalue weighted by atomic mass is 9.63. The van der Waals surface area contributed by atoms with E-state index < -0.39 is 5.41 Å². The van der Waals surface area contributed by atoms with E-state index in [9.17, 15) is 9.18 Å². The molecule has 1 amide bonds. The van der Waals surface area contributed by atoms with E-state index in [1.54, 1.807) is 11.0 Å². The number of nitrogens with zero attached hydrogens (tertiary/aromatic N) is 1. The van der Waals surface area contributed by atoms with Gasteiger partial charge in [0.1, 0.15) is 5.82 Å². The number of halogens is 1. The van der Waals surface area contributed by atoms with Gasteiger partial charge < -0.3 is 10.2 Å². The number of carbonyl (C=O) groups excluding carboxylic acids is 1. The molecule has 0 unspecified atom stereocenters. The standard InChI is InChI=1S/C15H21FN2O/c1-17-9-10-18(2)14(19)15(7-4-8-15)12-5-3-6-13(16)11-12/h3,5-6,11,17H,4,7-10H2,1-2H3. The number of hydrogen-bond acceptors (Lipinski definition) is 2. The van der Waals surface area contributed by atoms with E-state index >= 15 is 0 Å². The summed E-state index contributed by atoms with van der Waals surface area (Å²) in [6.45, 7) is 1.44. The van der Waals surface area contributed by atoms with Crippen molar-refractivity contribution >= 4 is 5.91 Å². The molecule has 1 fully saturated rings. The summed E-state index contributed by atoms with van der Waals surface area (Å²) in [5, 5.41) is 3.04. The molecule has 0 radical (unpaired) electrons. The third kappa shape index (κ3) is 2.63. The SMILES string of the molecule is CNCCN(C)C(=O)C1(c2cccc(F)c2)CCC1. The molecule has 1 aromatic rings. The van der Waals surface area contributed by atoms with E-state index in [0.29, 0.717) is 6.54 Å². The second kappa shape index (κ2) is 5.70. The van der Waals surface area contributed by atoms with Crippen molar-refractivity contribution in [1.29, 1.82) is 0 Å². The first-order valence-electron chi connectivity index (χ1n) is 6.76. The number of benzene rings is 1. The molecular weight excluding hydrogens is 243 g/mol. The van der Waals surface area contributed by atoms with Crippen LogP contribution in [0.4, 0.5) is 4.39 Å². The van der Waals surface area contributed by atoms with Crippen LogP contribution < -0.4 is 5.32 Å². The minimum Gasteiger partial charge on any atom is -0.344 e. The first kappa shape index (κ1) is 14.0. The highest BCUT2D eigenvalue weighted by molar-refractivity contribution is 5.89. The van der Waals surface area contributed by atoms with Gasteiger partial charge in [0.15, 0.2) is 0 Å². The van der Waals surface area contributed by atoms with Crippen LogP contribution in [0.25, 0.3) is 0 Å². The number of hydrogen-bond donors (Lipinski definition) is 1. The van der Waals surface area contributed by atoms with Gasteiger partial charge in [-0.2, -0.15) is 0 Å². The van der Waals surface area contributed by atoms with Crippen molar-refractivity contribution < 1.29 is 9.18 Å². The van der Waals surface area contributed by atoms with Gasteiger partial charge in [0.2, 0.25) is 5.91 Å². The van der Waals surface area contributed by atoms with Crippen LogP contribution in [0.15, 0.2) is 24.3 Å². The summed E-state index contributed by atoms with van der Waals surface area (Å²) in [7, 11) is 3.68. The number of likely N-dealkylation sites (N-methyl/N-ethyl adjacent to an activating group) is 2. The van der Waals surface area contributed by atoms with Gasteiger partial charge in [-0.05, 0) is 37.6 Å². The molecule has 0 saturated heterocycles. The molecule has 0 spiro atoms. The minimum atomic E-state index is -0.495. The fourth-order valence-electron chi connectivity index (χ4n) is 2.69. The van der Waals surface area contributed by atoms with Gasteiger partial charge in [-0.1, -0.05) is 18.6 Å². The van der Waals surface area contributed by atoms with Crippen LogP contribution >= 0.6 is 0 Å². The fourth-order valence-corrected chi connectivity index (χ4v) is 2.69. The average molecular weight is 264 g/mol. The Bertz CT molecular complexity index is 457. The molecule has 104 valence electrons. The van der Waals surface area contributed by atoms with Gasteiger partial charge in [-0.3, -0.25) is 4.79 Å². The largest absolute Gasteiger partial charge is 0.344 e. The molecule has 1 aliphatic rings. The third-order valence-electron chi connectivity index (χ3n) is 4.04. The van der Waals surface area contributed by atoms with Gasteiger partial charge in [0.05, 0.1) is 5.41 Å². The predicted molar refractivity (Wildman–Crippen MR) is 73.5 cm³/mol. The topological polar surface area (TPSA) is 32.3 Å². The Kier molecular flexibility index (Phi) is 4.20. The van der Waals surface area contributed by atoms with Gasteiger partial charge in [0.25, 0.3) is 0 Å². The Balaban J connectivity index is 2.20. The van der Waals surface area contributed by atoms with Crippen LogP contribution in [0, 0.1) is 5.82 Å². The van der Waals surface area contributed by atoms with Crippen LogP contribution in [-0.4, -0.2) is 38.0 Å². The van der Waals surface area contributed by atoms with Crippen molar-refractivity contribution in [2.24, 2.45) is 0 Å². The van der Waals surface area contributed by atoms with Crippen molar-refractivity contribution in [2.45, 2.75) is 24.7 Å². The zero-order chi connectivity index (χ0) is 13.9. The van der Waals surface area contributed by atoms with Crippen LogP contribution in [-0.2, 0) is 10.2 Å². The highest BCUT2D eigenvalue weighted by Gasteiger charge is 2.46. The van der Waals surface area contributed by atoms with E-state index in [-0.39, 0.29) is 11.7 Å². The molecule has 0 aromatic heterocycles. The molecule has 4 heteroatoms. The predicted octanol–water partition coefficient (Wildman–Crippen LogP) is 1.93. The Labute approximate surface area is 113 Å². The number of rotatable bonds is 5. The van der Waals surface area contributed by atoms with Crippen LogP contribution in [0.1, 0.15) is 24.8 Å². The van der Waals surface area contributed by atoms with Gasteiger partial charge in [-0.15, -0.1) is 0 Å². The van der Waals surface area contributed by atoms with Crippen molar-refractivity contribution in [1.82, 2.24) is 10.2 Å². The summed E-state index contributed by atoms with van der Waals surface area (Å²) in [6.07, 6.45) is 2.67. The second-order valence-corrected chi connectivity index (χ2v) is 5.28. The maximum atomic E-state index is 13.4. The Morgan fingerprint density at radius 1 is 1.47 bits per heavy atom. The van der Waals surface area contributed by atoms with Gasteiger partial charge in [-0.25, -0.2) is 4.39 Å². The quantitative estimate of drug-likeness (QED) is 0.881. The summed E-state index contributed by atoms with van der Waals surface area (Å²) in [5.41, 5.74) is 0.324. The zero-order valence-electron chi connectivity index (χ0n) is 11.6. The smallest absolute Gasteiger partial charge is 0.233 e. The van der Waals surface area contributed by atoms with Gasteiger partial charge in [0, 0.05) is 20.1 Å². The molecule has 1 aromatic carbocycles. The maximum Gasteiger partial charge on any atom is 0.233 e. The minimum absolute atomic E-state index is 0.111. The van der Waals surface area contributed by atoms with Crippen molar-refractivity contribution in [3.63, 3.8) is 0 Å². The van der Waals surface area contributed by atoms with E-state index in [4.69, 9.17) is 0 Å². The lowest BCUT2D eigenvalue weighted by Gasteiger charge is -2.43. The van der Waals surface area contributed by atoms with E-state index in [2.05, 4.69) is 5.32 Å². The number of carbonyl (C=O) groups is 1. The van der Waals surface area contributed by atoms with Crippen LogP contribution in [0.3, 0.4) is 0 Å². The number of amides is 1. The molecular formula is C15H21FN2O. The molecule has 1 saturated carbocycles. The Morgan fingerprint density at radius 2 is 2.21 bits per heavy atom. The van der Waals surface area contributed by atoms with Gasteiger partial charge >= 0.3 is 0 Å². The number of nitrogens with one attached hydrogen (secondary N) is 1. The monoisotopic (exact) mass is 264 g/mol. The van der Waals surface area contributed by atoms with Crippen molar-refractivity contribution in [3.8, 4) is 0 Å². The lowest BCUT2D eigenvalue weighted by molar-refractivity contribution is -0.139.